The first-order valence-corrected chi connectivity index (χ1v) is 4.96. The molecule has 2 fully saturated rings. The van der Waals surface area contributed by atoms with E-state index in [4.69, 9.17) is 0 Å². The van der Waals surface area contributed by atoms with Gasteiger partial charge in [-0.1, -0.05) is 0 Å². The molecule has 2 aliphatic rings. The zero-order valence-electron chi connectivity index (χ0n) is 7.92. The molecule has 1 atom stereocenters. The first-order valence-electron chi connectivity index (χ1n) is 4.96. The largest absolute Gasteiger partial charge is 0.316 e. The summed E-state index contributed by atoms with van der Waals surface area (Å²) in [4.78, 5) is 4.96. The summed E-state index contributed by atoms with van der Waals surface area (Å²) in [5.74, 6) is 0.913. The van der Waals surface area contributed by atoms with E-state index in [9.17, 15) is 0 Å². The van der Waals surface area contributed by atoms with Gasteiger partial charge in [0.25, 0.3) is 0 Å². The van der Waals surface area contributed by atoms with Gasteiger partial charge in [-0.25, -0.2) is 0 Å². The highest BCUT2D eigenvalue weighted by Gasteiger charge is 2.22. The minimum atomic E-state index is 0.913. The van der Waals surface area contributed by atoms with Gasteiger partial charge in [0.2, 0.25) is 0 Å². The van der Waals surface area contributed by atoms with Crippen molar-refractivity contribution in [1.82, 2.24) is 15.1 Å². The maximum atomic E-state index is 3.42. The van der Waals surface area contributed by atoms with Crippen molar-refractivity contribution in [2.24, 2.45) is 5.92 Å². The van der Waals surface area contributed by atoms with Crippen LogP contribution in [0.1, 0.15) is 6.42 Å². The van der Waals surface area contributed by atoms with Gasteiger partial charge in [-0.05, 0) is 32.5 Å². The Hall–Kier alpha value is -0.120. The SMILES string of the molecule is CN1CCN(CC2CCNC2)C1. The molecule has 0 saturated carbocycles. The maximum Gasteiger partial charge on any atom is 0.0504 e. The lowest BCUT2D eigenvalue weighted by molar-refractivity contribution is 0.243. The van der Waals surface area contributed by atoms with E-state index >= 15 is 0 Å². The van der Waals surface area contributed by atoms with Crippen molar-refractivity contribution in [1.29, 1.82) is 0 Å². The molecule has 0 radical (unpaired) electrons. The maximum absolute atomic E-state index is 3.42. The van der Waals surface area contributed by atoms with Crippen LogP contribution in [0.25, 0.3) is 0 Å². The molecule has 2 saturated heterocycles. The molecule has 2 rings (SSSR count). The molecule has 3 heteroatoms. The molecule has 0 aromatic carbocycles. The monoisotopic (exact) mass is 169 g/mol. The Morgan fingerprint density at radius 2 is 2.33 bits per heavy atom. The zero-order valence-corrected chi connectivity index (χ0v) is 7.92. The Morgan fingerprint density at radius 1 is 1.42 bits per heavy atom. The molecular weight excluding hydrogens is 150 g/mol. The van der Waals surface area contributed by atoms with Crippen LogP contribution in [0.2, 0.25) is 0 Å². The minimum Gasteiger partial charge on any atom is -0.316 e. The van der Waals surface area contributed by atoms with Crippen LogP contribution in [0, 0.1) is 5.92 Å². The highest BCUT2D eigenvalue weighted by Crippen LogP contribution is 2.12. The number of hydrogen-bond donors (Lipinski definition) is 1. The van der Waals surface area contributed by atoms with E-state index < -0.39 is 0 Å². The second-order valence-electron chi connectivity index (χ2n) is 4.16. The average molecular weight is 169 g/mol. The third-order valence-corrected chi connectivity index (χ3v) is 2.92. The van der Waals surface area contributed by atoms with Gasteiger partial charge in [0, 0.05) is 19.6 Å². The van der Waals surface area contributed by atoms with E-state index in [2.05, 4.69) is 22.2 Å². The van der Waals surface area contributed by atoms with Crippen LogP contribution >= 0.6 is 0 Å². The summed E-state index contributed by atoms with van der Waals surface area (Å²) in [6.45, 7) is 7.47. The first-order chi connectivity index (χ1) is 5.84. The van der Waals surface area contributed by atoms with Crippen molar-refractivity contribution in [3.63, 3.8) is 0 Å². The van der Waals surface area contributed by atoms with E-state index in [0.29, 0.717) is 0 Å². The molecule has 0 spiro atoms. The number of nitrogens with one attached hydrogen (secondary N) is 1. The van der Waals surface area contributed by atoms with Crippen LogP contribution in [-0.2, 0) is 0 Å². The second-order valence-corrected chi connectivity index (χ2v) is 4.16. The van der Waals surface area contributed by atoms with Gasteiger partial charge in [0.1, 0.15) is 0 Å². The van der Waals surface area contributed by atoms with Crippen LogP contribution in [0.4, 0.5) is 0 Å². The van der Waals surface area contributed by atoms with Gasteiger partial charge in [-0.15, -0.1) is 0 Å². The van der Waals surface area contributed by atoms with Crippen molar-refractivity contribution < 1.29 is 0 Å². The Morgan fingerprint density at radius 3 is 2.92 bits per heavy atom. The summed E-state index contributed by atoms with van der Waals surface area (Å²) < 4.78 is 0. The smallest absolute Gasteiger partial charge is 0.0504 e. The van der Waals surface area contributed by atoms with Crippen LogP contribution < -0.4 is 5.32 Å². The second kappa shape index (κ2) is 3.73. The van der Waals surface area contributed by atoms with E-state index in [1.165, 1.54) is 45.8 Å². The number of likely N-dealkylation sites (N-methyl/N-ethyl adjacent to an activating group) is 1. The summed E-state index contributed by atoms with van der Waals surface area (Å²) in [7, 11) is 2.20. The summed E-state index contributed by atoms with van der Waals surface area (Å²) in [5, 5.41) is 3.42. The van der Waals surface area contributed by atoms with Gasteiger partial charge < -0.3 is 5.32 Å². The third kappa shape index (κ3) is 1.97. The standard InChI is InChI=1S/C9H19N3/c1-11-4-5-12(8-11)7-9-2-3-10-6-9/h9-10H,2-8H2,1H3. The molecule has 1 N–H and O–H groups in total. The van der Waals surface area contributed by atoms with Gasteiger partial charge in [-0.2, -0.15) is 0 Å². The lowest BCUT2D eigenvalue weighted by atomic mass is 10.1. The molecule has 0 aromatic rings. The number of nitrogens with zero attached hydrogens (tertiary/aromatic N) is 2. The van der Waals surface area contributed by atoms with Crippen molar-refractivity contribution >= 4 is 0 Å². The van der Waals surface area contributed by atoms with Crippen molar-refractivity contribution in [2.45, 2.75) is 6.42 Å². The fourth-order valence-corrected chi connectivity index (χ4v) is 2.18. The Kier molecular flexibility index (Phi) is 2.63. The van der Waals surface area contributed by atoms with Crippen LogP contribution in [0.3, 0.4) is 0 Å². The molecule has 70 valence electrons. The fourth-order valence-electron chi connectivity index (χ4n) is 2.18. The Labute approximate surface area is 74.7 Å². The molecule has 0 bridgehead atoms. The predicted molar refractivity (Wildman–Crippen MR) is 50.0 cm³/mol. The van der Waals surface area contributed by atoms with Crippen molar-refractivity contribution in [3.05, 3.63) is 0 Å². The third-order valence-electron chi connectivity index (χ3n) is 2.92. The number of rotatable bonds is 2. The Bertz CT molecular complexity index is 143. The molecule has 0 aromatic heterocycles. The Balaban J connectivity index is 1.72. The summed E-state index contributed by atoms with van der Waals surface area (Å²) in [6, 6.07) is 0. The molecule has 1 unspecified atom stereocenters. The van der Waals surface area contributed by atoms with E-state index in [0.717, 1.165) is 5.92 Å². The van der Waals surface area contributed by atoms with Crippen LogP contribution in [0.5, 0.6) is 0 Å². The summed E-state index contributed by atoms with van der Waals surface area (Å²) in [5.41, 5.74) is 0. The molecule has 3 nitrogen and oxygen atoms in total. The van der Waals surface area contributed by atoms with E-state index in [1.807, 2.05) is 0 Å². The van der Waals surface area contributed by atoms with Gasteiger partial charge in [-0.3, -0.25) is 9.80 Å². The topological polar surface area (TPSA) is 18.5 Å². The summed E-state index contributed by atoms with van der Waals surface area (Å²) in [6.07, 6.45) is 1.38. The summed E-state index contributed by atoms with van der Waals surface area (Å²) >= 11 is 0. The molecule has 2 heterocycles. The van der Waals surface area contributed by atoms with Gasteiger partial charge in [0.15, 0.2) is 0 Å². The average Bonchev–Trinajstić information content (AvgIpc) is 2.63. The first kappa shape index (κ1) is 8.48. The van der Waals surface area contributed by atoms with Gasteiger partial charge in [0.05, 0.1) is 6.67 Å². The van der Waals surface area contributed by atoms with Crippen LogP contribution in [0.15, 0.2) is 0 Å². The van der Waals surface area contributed by atoms with E-state index in [-0.39, 0.29) is 0 Å². The molecular formula is C9H19N3. The normalized spacial score (nSPS) is 33.2. The minimum absolute atomic E-state index is 0.913. The lowest BCUT2D eigenvalue weighted by Crippen LogP contribution is -2.29. The predicted octanol–water partition coefficient (Wildman–Crippen LogP) is -0.199. The molecule has 0 aliphatic carbocycles. The molecule has 12 heavy (non-hydrogen) atoms. The van der Waals surface area contributed by atoms with Crippen molar-refractivity contribution in [3.8, 4) is 0 Å². The molecule has 2 aliphatic heterocycles. The highest BCUT2D eigenvalue weighted by molar-refractivity contribution is 4.77. The van der Waals surface area contributed by atoms with Crippen molar-refractivity contribution in [2.75, 3.05) is 46.4 Å². The highest BCUT2D eigenvalue weighted by atomic mass is 15.4. The number of hydrogen-bond acceptors (Lipinski definition) is 3. The zero-order chi connectivity index (χ0) is 8.39. The fraction of sp³-hybridized carbons (Fsp3) is 1.00. The quantitative estimate of drug-likeness (QED) is 0.617. The lowest BCUT2D eigenvalue weighted by Gasteiger charge is -2.18. The van der Waals surface area contributed by atoms with Gasteiger partial charge >= 0.3 is 0 Å². The van der Waals surface area contributed by atoms with Crippen LogP contribution in [-0.4, -0.2) is 56.2 Å². The molecule has 0 amide bonds. The van der Waals surface area contributed by atoms with E-state index in [1.54, 1.807) is 0 Å².